The average molecular weight is 389 g/mol. The van der Waals surface area contributed by atoms with Crippen LogP contribution in [0.4, 0.5) is 15.8 Å². The molecule has 2 aliphatic heterocycles. The minimum Gasteiger partial charge on any atom is -0.338 e. The molecule has 0 N–H and O–H groups in total. The van der Waals surface area contributed by atoms with Crippen LogP contribution in [0.1, 0.15) is 16.9 Å². The van der Waals surface area contributed by atoms with Gasteiger partial charge in [0.25, 0.3) is 0 Å². The predicted octanol–water partition coefficient (Wildman–Crippen LogP) is 2.73. The lowest BCUT2D eigenvalue weighted by Gasteiger charge is -2.29. The van der Waals surface area contributed by atoms with Gasteiger partial charge >= 0.3 is 5.69 Å². The number of amides is 2. The Balaban J connectivity index is 1.50. The van der Waals surface area contributed by atoms with Gasteiger partial charge in [-0.05, 0) is 35.6 Å². The van der Waals surface area contributed by atoms with Crippen molar-refractivity contribution in [1.29, 1.82) is 0 Å². The van der Waals surface area contributed by atoms with Gasteiger partial charge in [0.1, 0.15) is 0 Å². The summed E-state index contributed by atoms with van der Waals surface area (Å²) in [5.41, 5.74) is 0.702. The van der Waals surface area contributed by atoms with Gasteiger partial charge in [0, 0.05) is 37.0 Å². The molecule has 1 atom stereocenters. The zero-order valence-corrected chi connectivity index (χ0v) is 15.1. The number of nitrogens with zero attached hydrogens (tertiary/aromatic N) is 3. The minimum absolute atomic E-state index is 0.0526. The molecule has 1 aromatic heterocycles. The number of anilines is 1. The zero-order valence-electron chi connectivity index (χ0n) is 14.3. The third kappa shape index (κ3) is 3.18. The van der Waals surface area contributed by atoms with Gasteiger partial charge in [-0.1, -0.05) is 0 Å². The van der Waals surface area contributed by atoms with E-state index >= 15 is 0 Å². The van der Waals surface area contributed by atoms with Crippen LogP contribution in [-0.4, -0.2) is 34.7 Å². The Bertz CT molecular complexity index is 944. The maximum atomic E-state index is 13.5. The standard InChI is InChI=1S/C18H16FN3O4S/c19-14-2-1-13(8-15(14)22(25)26)21-10-12(7-17(21)23)18(24)20-5-3-16-11(9-20)4-6-27-16/h1-2,4,6,8,12H,3,5,7,9-10H2. The second-order valence-electron chi connectivity index (χ2n) is 6.68. The van der Waals surface area contributed by atoms with E-state index in [1.807, 2.05) is 11.4 Å². The van der Waals surface area contributed by atoms with Crippen molar-refractivity contribution in [2.24, 2.45) is 5.92 Å². The number of carbonyl (C=O) groups excluding carboxylic acids is 2. The second kappa shape index (κ2) is 6.73. The Morgan fingerprint density at radius 2 is 2.15 bits per heavy atom. The normalized spacial score (nSPS) is 19.3. The van der Waals surface area contributed by atoms with Gasteiger partial charge < -0.3 is 9.80 Å². The van der Waals surface area contributed by atoms with Crippen LogP contribution in [0.15, 0.2) is 29.6 Å². The molecule has 3 heterocycles. The van der Waals surface area contributed by atoms with E-state index in [0.717, 1.165) is 24.1 Å². The van der Waals surface area contributed by atoms with E-state index in [1.165, 1.54) is 15.8 Å². The molecular weight excluding hydrogens is 373 g/mol. The number of nitro groups is 1. The van der Waals surface area contributed by atoms with Crippen LogP contribution in [-0.2, 0) is 22.6 Å². The Morgan fingerprint density at radius 1 is 1.33 bits per heavy atom. The van der Waals surface area contributed by atoms with Crippen LogP contribution < -0.4 is 4.90 Å². The number of nitro benzene ring substituents is 1. The van der Waals surface area contributed by atoms with Crippen LogP contribution in [0.25, 0.3) is 0 Å². The third-order valence-electron chi connectivity index (χ3n) is 5.03. The first-order valence-electron chi connectivity index (χ1n) is 8.52. The molecule has 7 nitrogen and oxygen atoms in total. The second-order valence-corrected chi connectivity index (χ2v) is 7.68. The highest BCUT2D eigenvalue weighted by Gasteiger charge is 2.38. The van der Waals surface area contributed by atoms with Crippen molar-refractivity contribution in [3.8, 4) is 0 Å². The largest absolute Gasteiger partial charge is 0.338 e. The molecule has 1 fully saturated rings. The topological polar surface area (TPSA) is 83.8 Å². The Morgan fingerprint density at radius 3 is 2.93 bits per heavy atom. The van der Waals surface area contributed by atoms with Crippen LogP contribution in [0.5, 0.6) is 0 Å². The summed E-state index contributed by atoms with van der Waals surface area (Å²) in [6.45, 7) is 1.32. The molecule has 1 aromatic carbocycles. The predicted molar refractivity (Wildman–Crippen MR) is 97.0 cm³/mol. The van der Waals surface area contributed by atoms with Crippen molar-refractivity contribution in [2.75, 3.05) is 18.0 Å². The molecule has 0 spiro atoms. The lowest BCUT2D eigenvalue weighted by atomic mass is 10.0. The van der Waals surface area contributed by atoms with Crippen molar-refractivity contribution in [3.63, 3.8) is 0 Å². The fourth-order valence-electron chi connectivity index (χ4n) is 3.63. The highest BCUT2D eigenvalue weighted by molar-refractivity contribution is 7.10. The van der Waals surface area contributed by atoms with Crippen molar-refractivity contribution >= 4 is 34.5 Å². The number of thiophene rings is 1. The SMILES string of the molecule is O=C(C1CC(=O)N(c2ccc(F)c([N+](=O)[O-])c2)C1)N1CCc2sccc2C1. The summed E-state index contributed by atoms with van der Waals surface area (Å²) in [6, 6.07) is 5.35. The number of rotatable bonds is 3. The van der Waals surface area contributed by atoms with Crippen molar-refractivity contribution in [2.45, 2.75) is 19.4 Å². The van der Waals surface area contributed by atoms with Crippen LogP contribution in [0.2, 0.25) is 0 Å². The summed E-state index contributed by atoms with van der Waals surface area (Å²) in [7, 11) is 0. The quantitative estimate of drug-likeness (QED) is 0.597. The number of hydrogen-bond donors (Lipinski definition) is 0. The fraction of sp³-hybridized carbons (Fsp3) is 0.333. The molecule has 1 unspecified atom stereocenters. The minimum atomic E-state index is -0.956. The molecule has 140 valence electrons. The number of halogens is 1. The molecule has 0 saturated carbocycles. The summed E-state index contributed by atoms with van der Waals surface area (Å²) in [4.78, 5) is 39.7. The molecular formula is C18H16FN3O4S. The number of hydrogen-bond acceptors (Lipinski definition) is 5. The van der Waals surface area contributed by atoms with Crippen LogP contribution in [0, 0.1) is 21.8 Å². The summed E-state index contributed by atoms with van der Waals surface area (Å²) in [6.07, 6.45) is 0.865. The first-order valence-corrected chi connectivity index (χ1v) is 9.40. The molecule has 1 saturated heterocycles. The Labute approximate surface area is 158 Å². The first-order chi connectivity index (χ1) is 12.9. The smallest absolute Gasteiger partial charge is 0.306 e. The summed E-state index contributed by atoms with van der Waals surface area (Å²) in [5, 5.41) is 12.9. The number of benzene rings is 1. The number of carbonyl (C=O) groups is 2. The summed E-state index contributed by atoms with van der Waals surface area (Å²) < 4.78 is 13.5. The Hall–Kier alpha value is -2.81. The van der Waals surface area contributed by atoms with E-state index in [2.05, 4.69) is 0 Å². The van der Waals surface area contributed by atoms with E-state index in [-0.39, 0.29) is 30.5 Å². The van der Waals surface area contributed by atoms with Gasteiger partial charge in [0.05, 0.1) is 16.5 Å². The average Bonchev–Trinajstić information content (AvgIpc) is 3.27. The summed E-state index contributed by atoms with van der Waals surface area (Å²) >= 11 is 1.69. The van der Waals surface area contributed by atoms with E-state index < -0.39 is 22.3 Å². The number of fused-ring (bicyclic) bond motifs is 1. The monoisotopic (exact) mass is 389 g/mol. The molecule has 2 aliphatic rings. The van der Waals surface area contributed by atoms with Gasteiger partial charge in [-0.2, -0.15) is 4.39 Å². The first kappa shape index (κ1) is 17.6. The lowest BCUT2D eigenvalue weighted by molar-refractivity contribution is -0.387. The maximum Gasteiger partial charge on any atom is 0.306 e. The van der Waals surface area contributed by atoms with Gasteiger partial charge in [0.2, 0.25) is 17.6 Å². The lowest BCUT2D eigenvalue weighted by Crippen LogP contribution is -2.40. The molecule has 27 heavy (non-hydrogen) atoms. The highest BCUT2D eigenvalue weighted by Crippen LogP contribution is 2.31. The van der Waals surface area contributed by atoms with Crippen LogP contribution >= 0.6 is 11.3 Å². The van der Waals surface area contributed by atoms with Crippen molar-refractivity contribution in [3.05, 3.63) is 56.0 Å². The van der Waals surface area contributed by atoms with Gasteiger partial charge in [0.15, 0.2) is 0 Å². The maximum absolute atomic E-state index is 13.5. The van der Waals surface area contributed by atoms with Crippen LogP contribution in [0.3, 0.4) is 0 Å². The highest BCUT2D eigenvalue weighted by atomic mass is 32.1. The summed E-state index contributed by atoms with van der Waals surface area (Å²) in [5.74, 6) is -1.83. The van der Waals surface area contributed by atoms with Crippen molar-refractivity contribution in [1.82, 2.24) is 4.90 Å². The van der Waals surface area contributed by atoms with E-state index in [0.29, 0.717) is 13.1 Å². The molecule has 9 heteroatoms. The van der Waals surface area contributed by atoms with E-state index in [1.54, 1.807) is 16.2 Å². The third-order valence-corrected chi connectivity index (χ3v) is 6.05. The van der Waals surface area contributed by atoms with E-state index in [4.69, 9.17) is 0 Å². The zero-order chi connectivity index (χ0) is 19.1. The van der Waals surface area contributed by atoms with Crippen molar-refractivity contribution < 1.29 is 18.9 Å². The van der Waals surface area contributed by atoms with Gasteiger partial charge in [-0.3, -0.25) is 19.7 Å². The molecule has 0 radical (unpaired) electrons. The molecule has 2 amide bonds. The molecule has 4 rings (SSSR count). The molecule has 0 bridgehead atoms. The van der Waals surface area contributed by atoms with Gasteiger partial charge in [-0.25, -0.2) is 0 Å². The molecule has 0 aliphatic carbocycles. The molecule has 2 aromatic rings. The van der Waals surface area contributed by atoms with Gasteiger partial charge in [-0.15, -0.1) is 11.3 Å². The fourth-order valence-corrected chi connectivity index (χ4v) is 4.52. The Kier molecular flexibility index (Phi) is 4.39. The van der Waals surface area contributed by atoms with E-state index in [9.17, 15) is 24.1 Å².